The van der Waals surface area contributed by atoms with E-state index >= 15 is 0 Å². The smallest absolute Gasteiger partial charge is 0.330 e. The first-order chi connectivity index (χ1) is 12.4. The van der Waals surface area contributed by atoms with Crippen LogP contribution in [0.15, 0.2) is 42.5 Å². The number of benzene rings is 2. The second-order valence-electron chi connectivity index (χ2n) is 5.49. The zero-order valence-corrected chi connectivity index (χ0v) is 14.5. The summed E-state index contributed by atoms with van der Waals surface area (Å²) in [5.41, 5.74) is 0.826. The number of methoxy groups -OCH3 is 1. The summed E-state index contributed by atoms with van der Waals surface area (Å²) in [7, 11) is 1.31. The van der Waals surface area contributed by atoms with Crippen LogP contribution in [0.5, 0.6) is 11.5 Å². The Balaban J connectivity index is 2.08. The fraction of sp³-hybridized carbons (Fsp3) is 0.263. The molecule has 0 aliphatic heterocycles. The molecule has 2 N–H and O–H groups in total. The Hall–Kier alpha value is -3.09. The van der Waals surface area contributed by atoms with E-state index in [1.807, 2.05) is 6.92 Å². The van der Waals surface area contributed by atoms with Gasteiger partial charge >= 0.3 is 5.97 Å². The summed E-state index contributed by atoms with van der Waals surface area (Å²) in [4.78, 5) is 23.7. The summed E-state index contributed by atoms with van der Waals surface area (Å²) >= 11 is 0. The van der Waals surface area contributed by atoms with Crippen molar-refractivity contribution in [1.29, 1.82) is 0 Å². The summed E-state index contributed by atoms with van der Waals surface area (Å²) in [6.07, 6.45) is -0.00514. The highest BCUT2D eigenvalue weighted by Crippen LogP contribution is 2.22. The normalized spacial score (nSPS) is 11.5. The van der Waals surface area contributed by atoms with Crippen molar-refractivity contribution >= 4 is 11.9 Å². The third kappa shape index (κ3) is 4.95. The SMILES string of the molecule is CCOc1ccc(CC(=O)NC(C(=O)O)c2ccc(OC)c(F)c2)cc1. The predicted octanol–water partition coefficient (Wildman–Crippen LogP) is 2.72. The molecular weight excluding hydrogens is 341 g/mol. The summed E-state index contributed by atoms with van der Waals surface area (Å²) in [5, 5.41) is 11.8. The van der Waals surface area contributed by atoms with E-state index < -0.39 is 23.7 Å². The average Bonchev–Trinajstić information content (AvgIpc) is 2.61. The molecule has 138 valence electrons. The average molecular weight is 361 g/mol. The van der Waals surface area contributed by atoms with Gasteiger partial charge < -0.3 is 19.9 Å². The zero-order chi connectivity index (χ0) is 19.1. The van der Waals surface area contributed by atoms with Gasteiger partial charge in [-0.3, -0.25) is 4.79 Å². The molecule has 1 atom stereocenters. The largest absolute Gasteiger partial charge is 0.494 e. The minimum Gasteiger partial charge on any atom is -0.494 e. The molecule has 0 aliphatic rings. The molecule has 0 saturated heterocycles. The van der Waals surface area contributed by atoms with Crippen molar-refractivity contribution in [2.45, 2.75) is 19.4 Å². The molecule has 1 amide bonds. The van der Waals surface area contributed by atoms with Crippen molar-refractivity contribution in [3.05, 3.63) is 59.4 Å². The highest BCUT2D eigenvalue weighted by Gasteiger charge is 2.23. The van der Waals surface area contributed by atoms with Gasteiger partial charge in [0.1, 0.15) is 5.75 Å². The molecule has 1 unspecified atom stereocenters. The number of halogens is 1. The molecule has 2 aromatic carbocycles. The summed E-state index contributed by atoms with van der Waals surface area (Å²) < 4.78 is 23.9. The molecule has 6 nitrogen and oxygen atoms in total. The number of carboxylic acid groups (broad SMARTS) is 1. The lowest BCUT2D eigenvalue weighted by Crippen LogP contribution is -2.34. The van der Waals surface area contributed by atoms with Crippen LogP contribution in [-0.2, 0) is 16.0 Å². The van der Waals surface area contributed by atoms with E-state index in [4.69, 9.17) is 9.47 Å². The Morgan fingerprint density at radius 1 is 1.19 bits per heavy atom. The van der Waals surface area contributed by atoms with Gasteiger partial charge in [0.25, 0.3) is 0 Å². The van der Waals surface area contributed by atoms with Crippen LogP contribution < -0.4 is 14.8 Å². The molecule has 0 aliphatic carbocycles. The second kappa shape index (κ2) is 8.84. The number of rotatable bonds is 8. The zero-order valence-electron chi connectivity index (χ0n) is 14.5. The van der Waals surface area contributed by atoms with Crippen molar-refractivity contribution in [2.24, 2.45) is 0 Å². The lowest BCUT2D eigenvalue weighted by Gasteiger charge is -2.16. The lowest BCUT2D eigenvalue weighted by atomic mass is 10.1. The second-order valence-corrected chi connectivity index (χ2v) is 5.49. The number of nitrogens with one attached hydrogen (secondary N) is 1. The molecule has 0 bridgehead atoms. The van der Waals surface area contributed by atoms with Crippen molar-refractivity contribution < 1.29 is 28.6 Å². The van der Waals surface area contributed by atoms with E-state index in [9.17, 15) is 19.1 Å². The maximum absolute atomic E-state index is 13.8. The van der Waals surface area contributed by atoms with Gasteiger partial charge in [0.15, 0.2) is 17.6 Å². The summed E-state index contributed by atoms with van der Waals surface area (Å²) in [6.45, 7) is 2.41. The van der Waals surface area contributed by atoms with Crippen LogP contribution in [0.4, 0.5) is 4.39 Å². The maximum Gasteiger partial charge on any atom is 0.330 e. The van der Waals surface area contributed by atoms with E-state index in [1.54, 1.807) is 24.3 Å². The lowest BCUT2D eigenvalue weighted by molar-refractivity contribution is -0.142. The predicted molar refractivity (Wildman–Crippen MR) is 92.8 cm³/mol. The fourth-order valence-electron chi connectivity index (χ4n) is 2.42. The number of hydrogen-bond acceptors (Lipinski definition) is 4. The van der Waals surface area contributed by atoms with Gasteiger partial charge in [-0.15, -0.1) is 0 Å². The van der Waals surface area contributed by atoms with Crippen molar-refractivity contribution in [3.8, 4) is 11.5 Å². The fourth-order valence-corrected chi connectivity index (χ4v) is 2.42. The standard InChI is InChI=1S/C19H20FNO5/c1-3-26-14-7-4-12(5-8-14)10-17(22)21-18(19(23)24)13-6-9-16(25-2)15(20)11-13/h4-9,11,18H,3,10H2,1-2H3,(H,21,22)(H,23,24). The molecular formula is C19H20FNO5. The van der Waals surface area contributed by atoms with Gasteiger partial charge in [0.05, 0.1) is 20.1 Å². The quantitative estimate of drug-likeness (QED) is 0.755. The van der Waals surface area contributed by atoms with E-state index in [0.29, 0.717) is 17.9 Å². The Morgan fingerprint density at radius 3 is 2.42 bits per heavy atom. The maximum atomic E-state index is 13.8. The van der Waals surface area contributed by atoms with Crippen molar-refractivity contribution in [1.82, 2.24) is 5.32 Å². The Bertz CT molecular complexity index is 776. The van der Waals surface area contributed by atoms with Gasteiger partial charge in [-0.05, 0) is 42.3 Å². The number of hydrogen-bond donors (Lipinski definition) is 2. The minimum atomic E-state index is -1.36. The van der Waals surface area contributed by atoms with Crippen LogP contribution in [0.2, 0.25) is 0 Å². The number of carbonyl (C=O) groups is 2. The molecule has 0 radical (unpaired) electrons. The molecule has 0 fully saturated rings. The molecule has 0 aromatic heterocycles. The van der Waals surface area contributed by atoms with Gasteiger partial charge in [-0.25, -0.2) is 9.18 Å². The molecule has 2 aromatic rings. The van der Waals surface area contributed by atoms with E-state index in [2.05, 4.69) is 5.32 Å². The summed E-state index contributed by atoms with van der Waals surface area (Å²) in [6, 6.07) is 9.33. The third-order valence-corrected chi connectivity index (χ3v) is 3.66. The molecule has 2 rings (SSSR count). The van der Waals surface area contributed by atoms with Gasteiger partial charge in [0, 0.05) is 0 Å². The van der Waals surface area contributed by atoms with Crippen LogP contribution in [0.1, 0.15) is 24.1 Å². The Morgan fingerprint density at radius 2 is 1.88 bits per heavy atom. The highest BCUT2D eigenvalue weighted by molar-refractivity contribution is 5.85. The first-order valence-electron chi connectivity index (χ1n) is 8.02. The summed E-state index contributed by atoms with van der Waals surface area (Å²) in [5.74, 6) is -1.78. The van der Waals surface area contributed by atoms with Crippen LogP contribution in [0, 0.1) is 5.82 Å². The molecule has 0 saturated carbocycles. The minimum absolute atomic E-state index is 0.00129. The number of carboxylic acids is 1. The number of amides is 1. The van der Waals surface area contributed by atoms with Gasteiger partial charge in [-0.2, -0.15) is 0 Å². The van der Waals surface area contributed by atoms with Crippen LogP contribution in [-0.4, -0.2) is 30.7 Å². The number of carbonyl (C=O) groups excluding carboxylic acids is 1. The van der Waals surface area contributed by atoms with E-state index in [1.165, 1.54) is 19.2 Å². The molecule has 0 heterocycles. The molecule has 26 heavy (non-hydrogen) atoms. The number of ether oxygens (including phenoxy) is 2. The monoisotopic (exact) mass is 361 g/mol. The van der Waals surface area contributed by atoms with Gasteiger partial charge in [0.2, 0.25) is 5.91 Å². The third-order valence-electron chi connectivity index (χ3n) is 3.66. The topological polar surface area (TPSA) is 84.9 Å². The van der Waals surface area contributed by atoms with E-state index in [0.717, 1.165) is 6.07 Å². The first kappa shape index (κ1) is 19.2. The number of aliphatic carboxylic acids is 1. The molecule has 7 heteroatoms. The first-order valence-corrected chi connectivity index (χ1v) is 8.02. The van der Waals surface area contributed by atoms with Crippen LogP contribution >= 0.6 is 0 Å². The van der Waals surface area contributed by atoms with Crippen molar-refractivity contribution in [2.75, 3.05) is 13.7 Å². The van der Waals surface area contributed by atoms with E-state index in [-0.39, 0.29) is 17.7 Å². The van der Waals surface area contributed by atoms with Crippen molar-refractivity contribution in [3.63, 3.8) is 0 Å². The Kier molecular flexibility index (Phi) is 6.54. The Labute approximate surface area is 150 Å². The highest BCUT2D eigenvalue weighted by atomic mass is 19.1. The van der Waals surface area contributed by atoms with Gasteiger partial charge in [-0.1, -0.05) is 18.2 Å². The molecule has 0 spiro atoms. The van der Waals surface area contributed by atoms with Crippen LogP contribution in [0.3, 0.4) is 0 Å². The van der Waals surface area contributed by atoms with Crippen LogP contribution in [0.25, 0.3) is 0 Å².